The van der Waals surface area contributed by atoms with Crippen molar-refractivity contribution in [1.82, 2.24) is 9.03 Å². The first-order chi connectivity index (χ1) is 14.3. The van der Waals surface area contributed by atoms with Gasteiger partial charge in [0.1, 0.15) is 11.5 Å². The third-order valence-corrected chi connectivity index (χ3v) is 8.55. The Balaban J connectivity index is 1.55. The molecular formula is C20H26N2O6S2. The molecule has 10 heteroatoms. The van der Waals surface area contributed by atoms with Gasteiger partial charge in [-0.2, -0.15) is 4.31 Å². The van der Waals surface area contributed by atoms with Gasteiger partial charge in [0, 0.05) is 19.6 Å². The van der Waals surface area contributed by atoms with Crippen molar-refractivity contribution in [2.45, 2.75) is 22.6 Å². The third kappa shape index (κ3) is 5.12. The van der Waals surface area contributed by atoms with Gasteiger partial charge < -0.3 is 9.47 Å². The second-order valence-corrected chi connectivity index (χ2v) is 10.8. The molecule has 0 radical (unpaired) electrons. The van der Waals surface area contributed by atoms with Crippen LogP contribution in [0.3, 0.4) is 0 Å². The lowest BCUT2D eigenvalue weighted by Crippen LogP contribution is -2.41. The van der Waals surface area contributed by atoms with Gasteiger partial charge in [0.25, 0.3) is 0 Å². The molecule has 0 aromatic heterocycles. The Bertz CT molecular complexity index is 1040. The number of hydrogen-bond donors (Lipinski definition) is 1. The largest absolute Gasteiger partial charge is 0.497 e. The molecule has 0 amide bonds. The molecule has 0 saturated carbocycles. The lowest BCUT2D eigenvalue weighted by molar-refractivity contribution is 0.274. The van der Waals surface area contributed by atoms with E-state index in [4.69, 9.17) is 9.47 Å². The van der Waals surface area contributed by atoms with E-state index in [1.807, 2.05) is 0 Å². The summed E-state index contributed by atoms with van der Waals surface area (Å²) < 4.78 is 64.7. The van der Waals surface area contributed by atoms with Crippen LogP contribution in [0.2, 0.25) is 0 Å². The zero-order valence-electron chi connectivity index (χ0n) is 16.9. The van der Waals surface area contributed by atoms with Crippen LogP contribution in [0.4, 0.5) is 0 Å². The van der Waals surface area contributed by atoms with Gasteiger partial charge in [0.2, 0.25) is 20.0 Å². The SMILES string of the molecule is COc1ccc(S(=O)(=O)NCC2CCN(S(=O)(=O)c3ccc(OC)cc3)CC2)cc1. The smallest absolute Gasteiger partial charge is 0.243 e. The van der Waals surface area contributed by atoms with Gasteiger partial charge in [-0.25, -0.2) is 21.6 Å². The number of ether oxygens (including phenoxy) is 2. The Labute approximate surface area is 177 Å². The van der Waals surface area contributed by atoms with Gasteiger partial charge in [-0.05, 0) is 67.3 Å². The molecule has 8 nitrogen and oxygen atoms in total. The summed E-state index contributed by atoms with van der Waals surface area (Å²) in [6, 6.07) is 12.5. The fourth-order valence-corrected chi connectivity index (χ4v) is 5.90. The fraction of sp³-hybridized carbons (Fsp3) is 0.400. The van der Waals surface area contributed by atoms with Gasteiger partial charge in [0.05, 0.1) is 24.0 Å². The van der Waals surface area contributed by atoms with Crippen molar-refractivity contribution in [2.24, 2.45) is 5.92 Å². The summed E-state index contributed by atoms with van der Waals surface area (Å²) in [7, 11) is -4.16. The predicted octanol–water partition coefficient (Wildman–Crippen LogP) is 2.08. The fourth-order valence-electron chi connectivity index (χ4n) is 3.32. The van der Waals surface area contributed by atoms with Crippen LogP contribution in [-0.2, 0) is 20.0 Å². The summed E-state index contributed by atoms with van der Waals surface area (Å²) in [4.78, 5) is 0.393. The zero-order valence-corrected chi connectivity index (χ0v) is 18.6. The van der Waals surface area contributed by atoms with Gasteiger partial charge in [-0.1, -0.05) is 0 Å². The molecule has 2 aromatic carbocycles. The second kappa shape index (κ2) is 9.34. The van der Waals surface area contributed by atoms with Crippen molar-refractivity contribution in [1.29, 1.82) is 0 Å². The molecule has 164 valence electrons. The number of methoxy groups -OCH3 is 2. The van der Waals surface area contributed by atoms with Crippen LogP contribution in [0, 0.1) is 5.92 Å². The van der Waals surface area contributed by atoms with Gasteiger partial charge in [-0.3, -0.25) is 0 Å². The summed E-state index contributed by atoms with van der Waals surface area (Å²) in [5.41, 5.74) is 0. The van der Waals surface area contributed by atoms with E-state index >= 15 is 0 Å². The molecule has 2 aromatic rings. The van der Waals surface area contributed by atoms with Crippen molar-refractivity contribution < 1.29 is 26.3 Å². The molecule has 1 aliphatic heterocycles. The van der Waals surface area contributed by atoms with E-state index in [0.29, 0.717) is 37.4 Å². The second-order valence-electron chi connectivity index (χ2n) is 7.05. The van der Waals surface area contributed by atoms with Crippen LogP contribution in [-0.4, -0.2) is 55.0 Å². The average Bonchev–Trinajstić information content (AvgIpc) is 2.78. The molecule has 0 spiro atoms. The summed E-state index contributed by atoms with van der Waals surface area (Å²) in [5.74, 6) is 1.25. The first-order valence-corrected chi connectivity index (χ1v) is 12.5. The monoisotopic (exact) mass is 454 g/mol. The number of sulfonamides is 2. The van der Waals surface area contributed by atoms with Gasteiger partial charge >= 0.3 is 0 Å². The molecule has 0 atom stereocenters. The highest BCUT2D eigenvalue weighted by Gasteiger charge is 2.30. The van der Waals surface area contributed by atoms with Gasteiger partial charge in [-0.15, -0.1) is 0 Å². The number of nitrogens with one attached hydrogen (secondary N) is 1. The number of piperidine rings is 1. The Kier molecular flexibility index (Phi) is 7.02. The normalized spacial score (nSPS) is 16.3. The summed E-state index contributed by atoms with van der Waals surface area (Å²) in [5, 5.41) is 0. The van der Waals surface area contributed by atoms with Crippen LogP contribution in [0.5, 0.6) is 11.5 Å². The molecule has 0 aliphatic carbocycles. The molecule has 30 heavy (non-hydrogen) atoms. The van der Waals surface area contributed by atoms with E-state index in [1.54, 1.807) is 24.3 Å². The predicted molar refractivity (Wildman–Crippen MR) is 113 cm³/mol. The van der Waals surface area contributed by atoms with Crippen LogP contribution in [0.25, 0.3) is 0 Å². The maximum absolute atomic E-state index is 12.8. The van der Waals surface area contributed by atoms with Crippen molar-refractivity contribution in [2.75, 3.05) is 33.9 Å². The Morgan fingerprint density at radius 3 is 1.77 bits per heavy atom. The maximum atomic E-state index is 12.8. The van der Waals surface area contributed by atoms with E-state index in [-0.39, 0.29) is 22.3 Å². The summed E-state index contributed by atoms with van der Waals surface area (Å²) >= 11 is 0. The molecule has 0 bridgehead atoms. The molecule has 1 N–H and O–H groups in total. The van der Waals surface area contributed by atoms with E-state index in [0.717, 1.165) is 0 Å². The van der Waals surface area contributed by atoms with Crippen molar-refractivity contribution >= 4 is 20.0 Å². The topological polar surface area (TPSA) is 102 Å². The summed E-state index contributed by atoms with van der Waals surface area (Å²) in [6.07, 6.45) is 1.17. The Morgan fingerprint density at radius 1 is 0.833 bits per heavy atom. The maximum Gasteiger partial charge on any atom is 0.243 e. The minimum absolute atomic E-state index is 0.0698. The van der Waals surface area contributed by atoms with Crippen LogP contribution < -0.4 is 14.2 Å². The van der Waals surface area contributed by atoms with Crippen LogP contribution in [0.15, 0.2) is 58.3 Å². The lowest BCUT2D eigenvalue weighted by Gasteiger charge is -2.31. The van der Waals surface area contributed by atoms with Crippen molar-refractivity contribution in [3.8, 4) is 11.5 Å². The first-order valence-electron chi connectivity index (χ1n) is 9.54. The minimum Gasteiger partial charge on any atom is -0.497 e. The molecule has 1 saturated heterocycles. The number of rotatable bonds is 8. The molecule has 0 unspecified atom stereocenters. The van der Waals surface area contributed by atoms with Gasteiger partial charge in [0.15, 0.2) is 0 Å². The number of nitrogens with zero attached hydrogens (tertiary/aromatic N) is 1. The molecule has 3 rings (SSSR count). The lowest BCUT2D eigenvalue weighted by atomic mass is 9.99. The quantitative estimate of drug-likeness (QED) is 0.655. The third-order valence-electron chi connectivity index (χ3n) is 5.20. The van der Waals surface area contributed by atoms with Crippen LogP contribution in [0.1, 0.15) is 12.8 Å². The molecular weight excluding hydrogens is 428 g/mol. The zero-order chi connectivity index (χ0) is 21.8. The highest BCUT2D eigenvalue weighted by molar-refractivity contribution is 7.89. The van der Waals surface area contributed by atoms with E-state index in [2.05, 4.69) is 4.72 Å². The molecule has 1 heterocycles. The molecule has 1 aliphatic rings. The standard InChI is InChI=1S/C20H26N2O6S2/c1-27-17-3-7-19(8-4-17)29(23,24)21-15-16-11-13-22(14-12-16)30(25,26)20-9-5-18(28-2)6-10-20/h3-10,16,21H,11-15H2,1-2H3. The highest BCUT2D eigenvalue weighted by Crippen LogP contribution is 2.25. The Hall–Kier alpha value is -2.14. The summed E-state index contributed by atoms with van der Waals surface area (Å²) in [6.45, 7) is 0.970. The first kappa shape index (κ1) is 22.5. The highest BCUT2D eigenvalue weighted by atomic mass is 32.2. The van der Waals surface area contributed by atoms with Crippen LogP contribution >= 0.6 is 0 Å². The number of hydrogen-bond acceptors (Lipinski definition) is 6. The number of benzene rings is 2. The molecule has 1 fully saturated rings. The van der Waals surface area contributed by atoms with E-state index in [1.165, 1.54) is 42.8 Å². The van der Waals surface area contributed by atoms with Crippen molar-refractivity contribution in [3.05, 3.63) is 48.5 Å². The van der Waals surface area contributed by atoms with E-state index in [9.17, 15) is 16.8 Å². The van der Waals surface area contributed by atoms with E-state index < -0.39 is 20.0 Å². The minimum atomic E-state index is -3.63. The van der Waals surface area contributed by atoms with Crippen molar-refractivity contribution in [3.63, 3.8) is 0 Å². The average molecular weight is 455 g/mol. The Morgan fingerprint density at radius 2 is 1.30 bits per heavy atom.